The van der Waals surface area contributed by atoms with Gasteiger partial charge in [0.1, 0.15) is 5.60 Å². The first-order chi connectivity index (χ1) is 11.8. The van der Waals surface area contributed by atoms with Gasteiger partial charge < -0.3 is 9.84 Å². The van der Waals surface area contributed by atoms with E-state index in [1.807, 2.05) is 19.9 Å². The Kier molecular flexibility index (Phi) is 3.69. The zero-order valence-electron chi connectivity index (χ0n) is 15.4. The maximum Gasteiger partial charge on any atom is 0.178 e. The summed E-state index contributed by atoms with van der Waals surface area (Å²) in [7, 11) is 0. The predicted octanol–water partition coefficient (Wildman–Crippen LogP) is 2.99. The molecule has 3 aliphatic carbocycles. The molecule has 1 aliphatic heterocycles. The van der Waals surface area contributed by atoms with Crippen molar-refractivity contribution in [2.45, 2.75) is 64.6 Å². The number of rotatable bonds is 2. The van der Waals surface area contributed by atoms with Gasteiger partial charge in [0.05, 0.1) is 12.7 Å². The van der Waals surface area contributed by atoms with Crippen molar-refractivity contribution < 1.29 is 19.4 Å². The highest BCUT2D eigenvalue weighted by atomic mass is 16.5. The molecule has 0 aromatic heterocycles. The Balaban J connectivity index is 1.69. The minimum absolute atomic E-state index is 0.0222. The lowest BCUT2D eigenvalue weighted by Crippen LogP contribution is -2.61. The lowest BCUT2D eigenvalue weighted by atomic mass is 9.54. The smallest absolute Gasteiger partial charge is 0.178 e. The van der Waals surface area contributed by atoms with Gasteiger partial charge in [-0.25, -0.2) is 0 Å². The van der Waals surface area contributed by atoms with Gasteiger partial charge in [0.15, 0.2) is 11.6 Å². The van der Waals surface area contributed by atoms with Crippen molar-refractivity contribution >= 4 is 11.6 Å². The second-order valence-electron chi connectivity index (χ2n) is 8.82. The minimum atomic E-state index is -1.26. The summed E-state index contributed by atoms with van der Waals surface area (Å²) in [4.78, 5) is 24.3. The largest absolute Gasteiger partial charge is 0.381 e. The Hall–Kier alpha value is -1.26. The van der Waals surface area contributed by atoms with Crippen LogP contribution in [-0.4, -0.2) is 35.0 Å². The van der Waals surface area contributed by atoms with Gasteiger partial charge in [0, 0.05) is 17.3 Å². The first-order valence-electron chi connectivity index (χ1n) is 9.58. The third kappa shape index (κ3) is 2.07. The van der Waals surface area contributed by atoms with Crippen LogP contribution in [0.25, 0.3) is 0 Å². The fraction of sp³-hybridized carbons (Fsp3) is 0.714. The van der Waals surface area contributed by atoms with Crippen molar-refractivity contribution in [1.29, 1.82) is 0 Å². The summed E-state index contributed by atoms with van der Waals surface area (Å²) < 4.78 is 6.38. The van der Waals surface area contributed by atoms with Crippen molar-refractivity contribution in [3.05, 3.63) is 23.8 Å². The SMILES string of the molecule is CCC(=O)[C@@]1(O)CCC2C3CCC4=CC(=O)C=C[C@]4(C)C3OC[C@@]21C. The number of Topliss-reactive ketones (excluding diaryl/α,β-unsaturated/α-hetero) is 1. The van der Waals surface area contributed by atoms with Crippen LogP contribution in [-0.2, 0) is 14.3 Å². The van der Waals surface area contributed by atoms with E-state index < -0.39 is 11.0 Å². The average Bonchev–Trinajstić information content (AvgIpc) is 2.87. The molecule has 1 saturated heterocycles. The van der Waals surface area contributed by atoms with Crippen LogP contribution < -0.4 is 0 Å². The van der Waals surface area contributed by atoms with Crippen LogP contribution in [0.3, 0.4) is 0 Å². The third-order valence-electron chi connectivity index (χ3n) is 7.77. The van der Waals surface area contributed by atoms with Gasteiger partial charge in [-0.3, -0.25) is 9.59 Å². The maximum absolute atomic E-state index is 12.5. The predicted molar refractivity (Wildman–Crippen MR) is 93.9 cm³/mol. The Morgan fingerprint density at radius 1 is 1.36 bits per heavy atom. The highest BCUT2D eigenvalue weighted by Crippen LogP contribution is 2.62. The normalized spacial score (nSPS) is 48.4. The van der Waals surface area contributed by atoms with Crippen LogP contribution in [0.2, 0.25) is 0 Å². The van der Waals surface area contributed by atoms with Crippen LogP contribution in [0.4, 0.5) is 0 Å². The summed E-state index contributed by atoms with van der Waals surface area (Å²) >= 11 is 0. The van der Waals surface area contributed by atoms with Crippen molar-refractivity contribution in [3.63, 3.8) is 0 Å². The van der Waals surface area contributed by atoms with Gasteiger partial charge in [0.25, 0.3) is 0 Å². The fourth-order valence-electron chi connectivity index (χ4n) is 6.19. The summed E-state index contributed by atoms with van der Waals surface area (Å²) in [5, 5.41) is 11.2. The highest BCUT2D eigenvalue weighted by Gasteiger charge is 2.66. The molecule has 2 saturated carbocycles. The van der Waals surface area contributed by atoms with Crippen LogP contribution in [0.15, 0.2) is 23.8 Å². The Bertz CT molecular complexity index is 692. The highest BCUT2D eigenvalue weighted by molar-refractivity contribution is 6.01. The number of allylic oxidation sites excluding steroid dienone is 2. The van der Waals surface area contributed by atoms with E-state index in [9.17, 15) is 14.7 Å². The monoisotopic (exact) mass is 344 g/mol. The summed E-state index contributed by atoms with van der Waals surface area (Å²) in [6.45, 7) is 6.44. The van der Waals surface area contributed by atoms with Gasteiger partial charge >= 0.3 is 0 Å². The molecule has 0 aromatic rings. The third-order valence-corrected chi connectivity index (χ3v) is 7.77. The number of fused-ring (bicyclic) bond motifs is 5. The number of hydrogen-bond donors (Lipinski definition) is 1. The zero-order chi connectivity index (χ0) is 18.0. The molecule has 4 aliphatic rings. The van der Waals surface area contributed by atoms with Gasteiger partial charge in [-0.1, -0.05) is 25.5 Å². The first kappa shape index (κ1) is 17.2. The van der Waals surface area contributed by atoms with E-state index in [1.165, 1.54) is 5.57 Å². The van der Waals surface area contributed by atoms with E-state index in [1.54, 1.807) is 12.2 Å². The van der Waals surface area contributed by atoms with Crippen LogP contribution in [0.1, 0.15) is 52.9 Å². The van der Waals surface area contributed by atoms with Crippen molar-refractivity contribution in [3.8, 4) is 0 Å². The van der Waals surface area contributed by atoms with Gasteiger partial charge in [-0.15, -0.1) is 0 Å². The molecule has 1 N–H and O–H groups in total. The second kappa shape index (κ2) is 5.37. The van der Waals surface area contributed by atoms with Crippen LogP contribution >= 0.6 is 0 Å². The lowest BCUT2D eigenvalue weighted by molar-refractivity contribution is -0.207. The number of aliphatic hydroxyl groups is 1. The fourth-order valence-corrected chi connectivity index (χ4v) is 6.19. The number of ether oxygens (including phenoxy) is 1. The summed E-state index contributed by atoms with van der Waals surface area (Å²) in [6.07, 6.45) is 9.11. The Morgan fingerprint density at radius 3 is 2.84 bits per heavy atom. The molecule has 1 heterocycles. The molecule has 0 spiro atoms. The minimum Gasteiger partial charge on any atom is -0.381 e. The molecule has 136 valence electrons. The van der Waals surface area contributed by atoms with E-state index in [0.29, 0.717) is 25.4 Å². The molecule has 0 radical (unpaired) electrons. The molecule has 3 fully saturated rings. The molecule has 4 heteroatoms. The zero-order valence-corrected chi connectivity index (χ0v) is 15.4. The number of carbonyl (C=O) groups excluding carboxylic acids is 2. The quantitative estimate of drug-likeness (QED) is 0.836. The molecule has 6 atom stereocenters. The van der Waals surface area contributed by atoms with Crippen molar-refractivity contribution in [2.24, 2.45) is 22.7 Å². The number of carbonyl (C=O) groups is 2. The van der Waals surface area contributed by atoms with E-state index in [2.05, 4.69) is 6.92 Å². The lowest BCUT2D eigenvalue weighted by Gasteiger charge is -2.57. The van der Waals surface area contributed by atoms with Crippen molar-refractivity contribution in [1.82, 2.24) is 0 Å². The summed E-state index contributed by atoms with van der Waals surface area (Å²) in [5.74, 6) is 0.620. The number of ketones is 2. The van der Waals surface area contributed by atoms with Gasteiger partial charge in [-0.2, -0.15) is 0 Å². The Labute approximate surface area is 149 Å². The topological polar surface area (TPSA) is 63.6 Å². The Morgan fingerprint density at radius 2 is 2.12 bits per heavy atom. The van der Waals surface area contributed by atoms with E-state index in [-0.39, 0.29) is 29.0 Å². The second-order valence-corrected chi connectivity index (χ2v) is 8.82. The van der Waals surface area contributed by atoms with E-state index in [4.69, 9.17) is 4.74 Å². The molecule has 0 aromatic carbocycles. The molecular weight excluding hydrogens is 316 g/mol. The molecular formula is C21H28O4. The molecule has 25 heavy (non-hydrogen) atoms. The average molecular weight is 344 g/mol. The van der Waals surface area contributed by atoms with Gasteiger partial charge in [-0.05, 0) is 56.6 Å². The van der Waals surface area contributed by atoms with E-state index in [0.717, 1.165) is 19.3 Å². The van der Waals surface area contributed by atoms with Crippen LogP contribution in [0, 0.1) is 22.7 Å². The van der Waals surface area contributed by atoms with Crippen LogP contribution in [0.5, 0.6) is 0 Å². The van der Waals surface area contributed by atoms with E-state index >= 15 is 0 Å². The first-order valence-corrected chi connectivity index (χ1v) is 9.58. The van der Waals surface area contributed by atoms with Crippen molar-refractivity contribution in [2.75, 3.05) is 6.61 Å². The molecule has 3 unspecified atom stereocenters. The maximum atomic E-state index is 12.5. The van der Waals surface area contributed by atoms with Gasteiger partial charge in [0.2, 0.25) is 0 Å². The molecule has 4 rings (SSSR count). The summed E-state index contributed by atoms with van der Waals surface area (Å²) in [5.41, 5.74) is -0.837. The molecule has 4 nitrogen and oxygen atoms in total. The number of hydrogen-bond acceptors (Lipinski definition) is 4. The molecule has 0 amide bonds. The molecule has 0 bridgehead atoms. The standard InChI is InChI=1S/C21H28O4/c1-4-17(23)21(24)10-8-16-15-6-5-13-11-14(22)7-9-19(13,2)18(15)25-12-20(16,21)3/h7,9,11,15-16,18,24H,4-6,8,10,12H2,1-3H3/t15?,16?,18?,19-,20-,21-/m0/s1. The summed E-state index contributed by atoms with van der Waals surface area (Å²) in [6, 6.07) is 0.